The first-order valence-corrected chi connectivity index (χ1v) is 7.30. The Kier molecular flexibility index (Phi) is 5.01. The van der Waals surface area contributed by atoms with E-state index in [-0.39, 0.29) is 6.10 Å². The number of anilines is 1. The lowest BCUT2D eigenvalue weighted by Gasteiger charge is -2.33. The first-order valence-electron chi connectivity index (χ1n) is 7.30. The molecule has 1 aliphatic rings. The highest BCUT2D eigenvalue weighted by Crippen LogP contribution is 2.27. The summed E-state index contributed by atoms with van der Waals surface area (Å²) in [5, 5.41) is 20.2. The normalized spacial score (nSPS) is 21.4. The Hall–Kier alpha value is -1.55. The molecule has 1 aliphatic carbocycles. The second kappa shape index (κ2) is 6.75. The van der Waals surface area contributed by atoms with Crippen LogP contribution in [0.5, 0.6) is 5.75 Å². The zero-order valence-corrected chi connectivity index (χ0v) is 12.2. The van der Waals surface area contributed by atoms with Gasteiger partial charge in [-0.15, -0.1) is 0 Å². The third-order valence-corrected chi connectivity index (χ3v) is 3.62. The summed E-state index contributed by atoms with van der Waals surface area (Å²) in [6, 6.07) is 6.10. The molecule has 20 heavy (non-hydrogen) atoms. The Morgan fingerprint density at radius 2 is 2.20 bits per heavy atom. The van der Waals surface area contributed by atoms with Crippen molar-refractivity contribution in [1.29, 1.82) is 5.41 Å². The summed E-state index contributed by atoms with van der Waals surface area (Å²) < 4.78 is 5.71. The first-order chi connectivity index (χ1) is 9.58. The molecule has 0 aliphatic heterocycles. The molecule has 0 unspecified atom stereocenters. The Balaban J connectivity index is 1.94. The number of hydrogen-bond donors (Lipinski definition) is 3. The molecule has 1 aromatic carbocycles. The largest absolute Gasteiger partial charge is 0.494 e. The highest BCUT2D eigenvalue weighted by Gasteiger charge is 2.27. The van der Waals surface area contributed by atoms with Crippen molar-refractivity contribution in [2.75, 3.05) is 11.9 Å². The number of ether oxygens (including phenoxy) is 1. The van der Waals surface area contributed by atoms with Gasteiger partial charge in [-0.25, -0.2) is 0 Å². The quantitative estimate of drug-likeness (QED) is 0.671. The van der Waals surface area contributed by atoms with Crippen LogP contribution in [0.15, 0.2) is 18.2 Å². The van der Waals surface area contributed by atoms with E-state index in [0.717, 1.165) is 36.3 Å². The van der Waals surface area contributed by atoms with Crippen LogP contribution in [0.2, 0.25) is 0 Å². The van der Waals surface area contributed by atoms with Gasteiger partial charge in [0.2, 0.25) is 0 Å². The van der Waals surface area contributed by atoms with Crippen molar-refractivity contribution < 1.29 is 9.84 Å². The third kappa shape index (κ3) is 3.97. The van der Waals surface area contributed by atoms with E-state index in [1.54, 1.807) is 0 Å². The number of rotatable bonds is 7. The van der Waals surface area contributed by atoms with Gasteiger partial charge in [-0.2, -0.15) is 0 Å². The molecule has 4 heteroatoms. The van der Waals surface area contributed by atoms with Gasteiger partial charge in [0.25, 0.3) is 0 Å². The molecule has 4 nitrogen and oxygen atoms in total. The predicted molar refractivity (Wildman–Crippen MR) is 81.9 cm³/mol. The topological polar surface area (TPSA) is 65.3 Å². The molecule has 0 bridgehead atoms. The fourth-order valence-electron chi connectivity index (χ4n) is 2.22. The van der Waals surface area contributed by atoms with Crippen molar-refractivity contribution in [3.8, 4) is 5.75 Å². The summed E-state index contributed by atoms with van der Waals surface area (Å²) in [4.78, 5) is 0. The van der Waals surface area contributed by atoms with Crippen molar-refractivity contribution in [2.24, 2.45) is 5.92 Å². The van der Waals surface area contributed by atoms with Crippen molar-refractivity contribution in [2.45, 2.75) is 45.3 Å². The van der Waals surface area contributed by atoms with Gasteiger partial charge in [0.15, 0.2) is 0 Å². The Labute approximate surface area is 120 Å². The van der Waals surface area contributed by atoms with Gasteiger partial charge in [-0.1, -0.05) is 13.8 Å². The van der Waals surface area contributed by atoms with Gasteiger partial charge in [0, 0.05) is 23.5 Å². The lowest BCUT2D eigenvalue weighted by molar-refractivity contribution is 0.0836. The maximum Gasteiger partial charge on any atom is 0.120 e. The molecule has 2 rings (SSSR count). The fourth-order valence-corrected chi connectivity index (χ4v) is 2.22. The average Bonchev–Trinajstić information content (AvgIpc) is 2.38. The molecule has 0 heterocycles. The first kappa shape index (κ1) is 14.9. The second-order valence-electron chi connectivity index (χ2n) is 5.89. The van der Waals surface area contributed by atoms with E-state index in [2.05, 4.69) is 19.2 Å². The molecule has 3 N–H and O–H groups in total. The summed E-state index contributed by atoms with van der Waals surface area (Å²) in [5.74, 6) is 1.44. The van der Waals surface area contributed by atoms with Crippen molar-refractivity contribution >= 4 is 11.9 Å². The number of hydrogen-bond acceptors (Lipinski definition) is 4. The van der Waals surface area contributed by atoms with Crippen LogP contribution >= 0.6 is 0 Å². The zero-order chi connectivity index (χ0) is 14.5. The summed E-state index contributed by atoms with van der Waals surface area (Å²) in [7, 11) is 0. The summed E-state index contributed by atoms with van der Waals surface area (Å²) in [6.45, 7) is 5.05. The van der Waals surface area contributed by atoms with E-state index in [1.165, 1.54) is 6.21 Å². The van der Waals surface area contributed by atoms with E-state index in [4.69, 9.17) is 10.1 Å². The molecule has 1 saturated carbocycles. The number of benzene rings is 1. The number of aliphatic hydroxyl groups excluding tert-OH is 1. The maximum atomic E-state index is 9.30. The molecular weight excluding hydrogens is 252 g/mol. The van der Waals surface area contributed by atoms with Gasteiger partial charge < -0.3 is 20.6 Å². The molecule has 0 aromatic heterocycles. The standard InChI is InChI=1S/C16H24N2O2/c1-11(2)5-6-20-15-3-4-16(12(7-15)10-17)18-13-8-14(19)9-13/h3-4,7,10-11,13-14,17-19H,5-6,8-9H2,1-2H3. The van der Waals surface area contributed by atoms with E-state index < -0.39 is 0 Å². The highest BCUT2D eigenvalue weighted by molar-refractivity contribution is 5.86. The number of aliphatic hydroxyl groups is 1. The zero-order valence-electron chi connectivity index (χ0n) is 12.2. The summed E-state index contributed by atoms with van der Waals surface area (Å²) in [5.41, 5.74) is 1.77. The van der Waals surface area contributed by atoms with E-state index >= 15 is 0 Å². The third-order valence-electron chi connectivity index (χ3n) is 3.62. The van der Waals surface area contributed by atoms with Gasteiger partial charge in [0.1, 0.15) is 5.75 Å². The van der Waals surface area contributed by atoms with Crippen molar-refractivity contribution in [3.05, 3.63) is 23.8 Å². The molecule has 1 fully saturated rings. The lowest BCUT2D eigenvalue weighted by Crippen LogP contribution is -2.39. The molecule has 110 valence electrons. The average molecular weight is 276 g/mol. The van der Waals surface area contributed by atoms with Crippen LogP contribution in [0.25, 0.3) is 0 Å². The second-order valence-corrected chi connectivity index (χ2v) is 5.89. The van der Waals surface area contributed by atoms with E-state index in [9.17, 15) is 5.11 Å². The molecule has 0 amide bonds. The van der Waals surface area contributed by atoms with Gasteiger partial charge in [0.05, 0.1) is 12.7 Å². The predicted octanol–water partition coefficient (Wildman–Crippen LogP) is 3.04. The van der Waals surface area contributed by atoms with Gasteiger partial charge in [-0.05, 0) is 43.4 Å². The van der Waals surface area contributed by atoms with Crippen LogP contribution in [0.3, 0.4) is 0 Å². The van der Waals surface area contributed by atoms with Crippen LogP contribution in [-0.4, -0.2) is 30.1 Å². The van der Waals surface area contributed by atoms with Crippen LogP contribution < -0.4 is 10.1 Å². The van der Waals surface area contributed by atoms with Gasteiger partial charge in [-0.3, -0.25) is 0 Å². The van der Waals surface area contributed by atoms with Crippen LogP contribution in [0.1, 0.15) is 38.7 Å². The van der Waals surface area contributed by atoms with E-state index in [1.807, 2.05) is 18.2 Å². The Morgan fingerprint density at radius 1 is 1.45 bits per heavy atom. The fraction of sp³-hybridized carbons (Fsp3) is 0.562. The highest BCUT2D eigenvalue weighted by atomic mass is 16.5. The Morgan fingerprint density at radius 3 is 2.80 bits per heavy atom. The molecule has 0 atom stereocenters. The van der Waals surface area contributed by atoms with Crippen molar-refractivity contribution in [3.63, 3.8) is 0 Å². The van der Waals surface area contributed by atoms with Gasteiger partial charge >= 0.3 is 0 Å². The smallest absolute Gasteiger partial charge is 0.120 e. The maximum absolute atomic E-state index is 9.30. The molecular formula is C16H24N2O2. The molecule has 0 saturated heterocycles. The minimum absolute atomic E-state index is 0.172. The van der Waals surface area contributed by atoms with Crippen LogP contribution in [-0.2, 0) is 0 Å². The molecule has 1 aromatic rings. The van der Waals surface area contributed by atoms with E-state index in [0.29, 0.717) is 18.6 Å². The SMILES string of the molecule is CC(C)CCOc1ccc(NC2CC(O)C2)c(C=N)c1. The minimum atomic E-state index is -0.172. The molecule has 0 spiro atoms. The van der Waals surface area contributed by atoms with Crippen LogP contribution in [0, 0.1) is 11.3 Å². The lowest BCUT2D eigenvalue weighted by atomic mass is 9.89. The molecule has 0 radical (unpaired) electrons. The monoisotopic (exact) mass is 276 g/mol. The number of nitrogens with one attached hydrogen (secondary N) is 2. The van der Waals surface area contributed by atoms with Crippen LogP contribution in [0.4, 0.5) is 5.69 Å². The summed E-state index contributed by atoms with van der Waals surface area (Å²) >= 11 is 0. The minimum Gasteiger partial charge on any atom is -0.494 e. The Bertz CT molecular complexity index is 454. The summed E-state index contributed by atoms with van der Waals surface area (Å²) in [6.07, 6.45) is 3.76. The van der Waals surface area contributed by atoms with Crippen molar-refractivity contribution in [1.82, 2.24) is 0 Å².